The molecule has 0 spiro atoms. The van der Waals surface area contributed by atoms with Crippen molar-refractivity contribution in [3.8, 4) is 11.4 Å². The summed E-state index contributed by atoms with van der Waals surface area (Å²) >= 11 is 0. The lowest BCUT2D eigenvalue weighted by molar-refractivity contribution is 0.0950. The third-order valence-corrected chi connectivity index (χ3v) is 5.76. The molecule has 11 heteroatoms. The minimum Gasteiger partial charge on any atom is -0.465 e. The van der Waals surface area contributed by atoms with E-state index in [1.807, 2.05) is 30.3 Å². The zero-order valence-electron chi connectivity index (χ0n) is 16.9. The highest BCUT2D eigenvalue weighted by molar-refractivity contribution is 7.89. The highest BCUT2D eigenvalue weighted by atomic mass is 32.2. The maximum atomic E-state index is 12.4. The Kier molecular flexibility index (Phi) is 7.47. The van der Waals surface area contributed by atoms with Crippen LogP contribution in [0.4, 0.5) is 4.79 Å². The molecule has 1 heterocycles. The van der Waals surface area contributed by atoms with Gasteiger partial charge < -0.3 is 15.7 Å². The van der Waals surface area contributed by atoms with Gasteiger partial charge in [0.05, 0.1) is 10.5 Å². The number of carboxylic acid groups (broad SMARTS) is 1. The van der Waals surface area contributed by atoms with Crippen LogP contribution in [0.3, 0.4) is 0 Å². The normalized spacial score (nSPS) is 11.0. The summed E-state index contributed by atoms with van der Waals surface area (Å²) in [5.74, 6) is 0.113. The molecule has 0 bridgehead atoms. The molecule has 0 aliphatic rings. The van der Waals surface area contributed by atoms with Gasteiger partial charge >= 0.3 is 6.09 Å². The summed E-state index contributed by atoms with van der Waals surface area (Å²) in [6.45, 7) is -0.0484. The number of sulfonamides is 1. The van der Waals surface area contributed by atoms with Gasteiger partial charge in [-0.25, -0.2) is 27.9 Å². The van der Waals surface area contributed by atoms with Crippen molar-refractivity contribution in [3.05, 3.63) is 78.1 Å². The Morgan fingerprint density at radius 2 is 1.62 bits per heavy atom. The molecule has 0 aliphatic heterocycles. The van der Waals surface area contributed by atoms with Gasteiger partial charge in [0.1, 0.15) is 0 Å². The van der Waals surface area contributed by atoms with Crippen LogP contribution in [-0.2, 0) is 16.6 Å². The number of benzene rings is 2. The van der Waals surface area contributed by atoms with Crippen LogP contribution >= 0.6 is 0 Å². The molecule has 0 radical (unpaired) electrons. The first-order valence-electron chi connectivity index (χ1n) is 9.56. The molecule has 4 N–H and O–H groups in total. The van der Waals surface area contributed by atoms with Gasteiger partial charge in [-0.2, -0.15) is 0 Å². The molecule has 32 heavy (non-hydrogen) atoms. The van der Waals surface area contributed by atoms with E-state index in [0.717, 1.165) is 5.56 Å². The van der Waals surface area contributed by atoms with E-state index in [1.54, 1.807) is 12.1 Å². The molecule has 2 amide bonds. The van der Waals surface area contributed by atoms with E-state index in [0.29, 0.717) is 11.4 Å². The highest BCUT2D eigenvalue weighted by Gasteiger charge is 2.14. The first kappa shape index (κ1) is 22.8. The Labute approximate surface area is 184 Å². The minimum atomic E-state index is -3.82. The summed E-state index contributed by atoms with van der Waals surface area (Å²) < 4.78 is 27.0. The molecule has 2 aromatic carbocycles. The smallest absolute Gasteiger partial charge is 0.404 e. The average Bonchev–Trinajstić information content (AvgIpc) is 2.81. The van der Waals surface area contributed by atoms with E-state index in [1.165, 1.54) is 24.5 Å². The van der Waals surface area contributed by atoms with Crippen molar-refractivity contribution in [1.82, 2.24) is 25.3 Å². The fourth-order valence-corrected chi connectivity index (χ4v) is 3.83. The van der Waals surface area contributed by atoms with Gasteiger partial charge in [-0.3, -0.25) is 4.79 Å². The molecular weight excluding hydrogens is 434 g/mol. The van der Waals surface area contributed by atoms with Crippen molar-refractivity contribution in [1.29, 1.82) is 0 Å². The lowest BCUT2D eigenvalue weighted by Crippen LogP contribution is -2.34. The molecule has 10 nitrogen and oxygen atoms in total. The predicted molar refractivity (Wildman–Crippen MR) is 116 cm³/mol. The number of aromatic nitrogens is 2. The Morgan fingerprint density at radius 1 is 0.906 bits per heavy atom. The first-order chi connectivity index (χ1) is 15.3. The molecule has 166 valence electrons. The van der Waals surface area contributed by atoms with Crippen LogP contribution in [-0.4, -0.2) is 48.6 Å². The van der Waals surface area contributed by atoms with Crippen LogP contribution in [0.25, 0.3) is 11.4 Å². The fraction of sp³-hybridized carbons (Fsp3) is 0.143. The summed E-state index contributed by atoms with van der Waals surface area (Å²) in [6, 6.07) is 15.5. The van der Waals surface area contributed by atoms with Gasteiger partial charge in [0.25, 0.3) is 5.91 Å². The van der Waals surface area contributed by atoms with Crippen LogP contribution in [0.15, 0.2) is 71.9 Å². The number of nitrogens with one attached hydrogen (secondary N) is 3. The number of amides is 2. The second kappa shape index (κ2) is 10.5. The standard InChI is InChI=1S/C21H21N5O5S/c27-20(17-13-23-19(24-14-17)16-6-2-1-3-7-16)25-12-15-5-4-8-18(11-15)32(30,31)26-10-9-22-21(28)29/h1-8,11,13-14,22,26H,9-10,12H2,(H,25,27)(H,28,29). The van der Waals surface area contributed by atoms with Crippen LogP contribution in [0.1, 0.15) is 15.9 Å². The van der Waals surface area contributed by atoms with Crippen molar-refractivity contribution in [2.75, 3.05) is 13.1 Å². The van der Waals surface area contributed by atoms with Crippen LogP contribution in [0.5, 0.6) is 0 Å². The van der Waals surface area contributed by atoms with Crippen molar-refractivity contribution in [3.63, 3.8) is 0 Å². The Morgan fingerprint density at radius 3 is 2.31 bits per heavy atom. The number of rotatable bonds is 9. The maximum Gasteiger partial charge on any atom is 0.404 e. The third-order valence-electron chi connectivity index (χ3n) is 4.30. The molecule has 0 unspecified atom stereocenters. The zero-order chi connectivity index (χ0) is 23.0. The first-order valence-corrected chi connectivity index (χ1v) is 11.0. The maximum absolute atomic E-state index is 12.4. The summed E-state index contributed by atoms with van der Waals surface area (Å²) in [5, 5.41) is 13.3. The number of carbonyl (C=O) groups is 2. The Balaban J connectivity index is 1.58. The Bertz CT molecular complexity index is 1180. The quantitative estimate of drug-likeness (QED) is 0.358. The molecular formula is C21H21N5O5S. The van der Waals surface area contributed by atoms with E-state index in [9.17, 15) is 18.0 Å². The molecule has 1 aromatic heterocycles. The number of hydrogen-bond donors (Lipinski definition) is 4. The van der Waals surface area contributed by atoms with Gasteiger partial charge in [0.2, 0.25) is 10.0 Å². The van der Waals surface area contributed by atoms with E-state index in [2.05, 4.69) is 25.3 Å². The Hall–Kier alpha value is -3.83. The molecule has 0 atom stereocenters. The number of carbonyl (C=O) groups excluding carboxylic acids is 1. The minimum absolute atomic E-state index is 0.00937. The largest absolute Gasteiger partial charge is 0.465 e. The van der Waals surface area contributed by atoms with Crippen molar-refractivity contribution < 1.29 is 23.1 Å². The van der Waals surface area contributed by atoms with Gasteiger partial charge in [-0.15, -0.1) is 0 Å². The van der Waals surface area contributed by atoms with E-state index < -0.39 is 22.0 Å². The zero-order valence-corrected chi connectivity index (χ0v) is 17.7. The van der Waals surface area contributed by atoms with Crippen LogP contribution < -0.4 is 15.4 Å². The van der Waals surface area contributed by atoms with E-state index >= 15 is 0 Å². The number of hydrogen-bond acceptors (Lipinski definition) is 6. The topological polar surface area (TPSA) is 150 Å². The summed E-state index contributed by atoms with van der Waals surface area (Å²) in [6.07, 6.45) is 1.63. The summed E-state index contributed by atoms with van der Waals surface area (Å²) in [4.78, 5) is 31.3. The SMILES string of the molecule is O=C(O)NCCNS(=O)(=O)c1cccc(CNC(=O)c2cnc(-c3ccccc3)nc2)c1. The number of nitrogens with zero attached hydrogens (tertiary/aromatic N) is 2. The second-order valence-corrected chi connectivity index (χ2v) is 8.39. The van der Waals surface area contributed by atoms with Crippen LogP contribution in [0.2, 0.25) is 0 Å². The lowest BCUT2D eigenvalue weighted by Gasteiger charge is -2.09. The predicted octanol–water partition coefficient (Wildman–Crippen LogP) is 1.62. The van der Waals surface area contributed by atoms with Crippen molar-refractivity contribution in [2.24, 2.45) is 0 Å². The molecule has 3 rings (SSSR count). The third kappa shape index (κ3) is 6.33. The summed E-state index contributed by atoms with van der Waals surface area (Å²) in [7, 11) is -3.82. The average molecular weight is 455 g/mol. The molecule has 0 saturated carbocycles. The van der Waals surface area contributed by atoms with Gasteiger partial charge in [0, 0.05) is 37.6 Å². The molecule has 3 aromatic rings. The van der Waals surface area contributed by atoms with Gasteiger partial charge in [-0.1, -0.05) is 42.5 Å². The highest BCUT2D eigenvalue weighted by Crippen LogP contribution is 2.14. The lowest BCUT2D eigenvalue weighted by atomic mass is 10.2. The van der Waals surface area contributed by atoms with E-state index in [4.69, 9.17) is 5.11 Å². The molecule has 0 fully saturated rings. The van der Waals surface area contributed by atoms with Gasteiger partial charge in [0.15, 0.2) is 5.82 Å². The van der Waals surface area contributed by atoms with Crippen molar-refractivity contribution in [2.45, 2.75) is 11.4 Å². The van der Waals surface area contributed by atoms with Crippen LogP contribution in [0, 0.1) is 0 Å². The summed E-state index contributed by atoms with van der Waals surface area (Å²) in [5.41, 5.74) is 1.69. The molecule has 0 saturated heterocycles. The monoisotopic (exact) mass is 455 g/mol. The fourth-order valence-electron chi connectivity index (χ4n) is 2.73. The molecule has 0 aliphatic carbocycles. The van der Waals surface area contributed by atoms with Gasteiger partial charge in [-0.05, 0) is 17.7 Å². The van der Waals surface area contributed by atoms with Crippen molar-refractivity contribution >= 4 is 22.0 Å². The van der Waals surface area contributed by atoms with E-state index in [-0.39, 0.29) is 30.1 Å². The second-order valence-electron chi connectivity index (χ2n) is 6.62.